The van der Waals surface area contributed by atoms with Gasteiger partial charge in [-0.1, -0.05) is 29.8 Å². The van der Waals surface area contributed by atoms with Gasteiger partial charge in [0.1, 0.15) is 12.4 Å². The van der Waals surface area contributed by atoms with Crippen molar-refractivity contribution in [3.63, 3.8) is 0 Å². The normalized spacial score (nSPS) is 11.0. The van der Waals surface area contributed by atoms with Gasteiger partial charge in [-0.3, -0.25) is 0 Å². The van der Waals surface area contributed by atoms with Crippen molar-refractivity contribution in [3.05, 3.63) is 77.3 Å². The van der Waals surface area contributed by atoms with E-state index in [1.54, 1.807) is 24.9 Å². The zero-order chi connectivity index (χ0) is 19.1. The van der Waals surface area contributed by atoms with Gasteiger partial charge in [0.25, 0.3) is 0 Å². The predicted molar refractivity (Wildman–Crippen MR) is 113 cm³/mol. The SMILES string of the molecule is COc1ccc2cc(/C=C/C(=O)OCCSc3ccc(Cl)cc3)ccc2c1. The Bertz CT molecular complexity index is 951. The third-order valence-electron chi connectivity index (χ3n) is 3.89. The summed E-state index contributed by atoms with van der Waals surface area (Å²) in [6, 6.07) is 19.5. The second-order valence-corrected chi connectivity index (χ2v) is 7.38. The lowest BCUT2D eigenvalue weighted by Crippen LogP contribution is -2.03. The van der Waals surface area contributed by atoms with Gasteiger partial charge in [-0.05, 0) is 64.9 Å². The smallest absolute Gasteiger partial charge is 0.330 e. The van der Waals surface area contributed by atoms with Crippen molar-refractivity contribution in [2.45, 2.75) is 4.90 Å². The van der Waals surface area contributed by atoms with E-state index in [0.717, 1.165) is 27.0 Å². The van der Waals surface area contributed by atoms with E-state index in [1.165, 1.54) is 6.08 Å². The van der Waals surface area contributed by atoms with Crippen LogP contribution in [0.25, 0.3) is 16.8 Å². The third kappa shape index (κ3) is 5.78. The molecule has 0 amide bonds. The summed E-state index contributed by atoms with van der Waals surface area (Å²) in [6.07, 6.45) is 3.22. The first-order chi connectivity index (χ1) is 13.1. The Morgan fingerprint density at radius 2 is 1.78 bits per heavy atom. The van der Waals surface area contributed by atoms with Crippen LogP contribution in [0.1, 0.15) is 5.56 Å². The van der Waals surface area contributed by atoms with Crippen LogP contribution in [0.4, 0.5) is 0 Å². The second kappa shape index (κ2) is 9.49. The number of halogens is 1. The molecule has 3 aromatic rings. The van der Waals surface area contributed by atoms with E-state index in [2.05, 4.69) is 0 Å². The minimum absolute atomic E-state index is 0.346. The molecule has 27 heavy (non-hydrogen) atoms. The monoisotopic (exact) mass is 398 g/mol. The molecule has 0 fully saturated rings. The third-order valence-corrected chi connectivity index (χ3v) is 5.12. The minimum atomic E-state index is -0.346. The van der Waals surface area contributed by atoms with Gasteiger partial charge in [-0.25, -0.2) is 4.79 Å². The van der Waals surface area contributed by atoms with Crippen molar-refractivity contribution in [2.24, 2.45) is 0 Å². The van der Waals surface area contributed by atoms with Gasteiger partial charge in [0.05, 0.1) is 7.11 Å². The van der Waals surface area contributed by atoms with E-state index in [4.69, 9.17) is 21.1 Å². The largest absolute Gasteiger partial charge is 0.497 e. The molecule has 0 bridgehead atoms. The number of rotatable bonds is 7. The number of carbonyl (C=O) groups excluding carboxylic acids is 1. The highest BCUT2D eigenvalue weighted by Gasteiger charge is 2.01. The van der Waals surface area contributed by atoms with Crippen LogP contribution in [0.5, 0.6) is 5.75 Å². The van der Waals surface area contributed by atoms with E-state index in [0.29, 0.717) is 17.4 Å². The number of benzene rings is 3. The first-order valence-electron chi connectivity index (χ1n) is 8.45. The average Bonchev–Trinajstić information content (AvgIpc) is 2.70. The minimum Gasteiger partial charge on any atom is -0.497 e. The van der Waals surface area contributed by atoms with Gasteiger partial charge in [0.15, 0.2) is 0 Å². The van der Waals surface area contributed by atoms with Crippen LogP contribution in [0.2, 0.25) is 5.02 Å². The molecule has 3 aromatic carbocycles. The van der Waals surface area contributed by atoms with Crippen LogP contribution in [0, 0.1) is 0 Å². The van der Waals surface area contributed by atoms with Gasteiger partial charge in [-0.2, -0.15) is 0 Å². The molecule has 0 radical (unpaired) electrons. The molecule has 0 aliphatic heterocycles. The molecular weight excluding hydrogens is 380 g/mol. The van der Waals surface area contributed by atoms with Crippen molar-refractivity contribution in [1.29, 1.82) is 0 Å². The molecule has 0 aliphatic carbocycles. The van der Waals surface area contributed by atoms with Crippen molar-refractivity contribution < 1.29 is 14.3 Å². The number of esters is 1. The molecule has 5 heteroatoms. The molecule has 0 spiro atoms. The van der Waals surface area contributed by atoms with Gasteiger partial charge in [-0.15, -0.1) is 11.8 Å². The lowest BCUT2D eigenvalue weighted by atomic mass is 10.1. The number of hydrogen-bond donors (Lipinski definition) is 0. The van der Waals surface area contributed by atoms with Crippen LogP contribution in [-0.4, -0.2) is 25.4 Å². The number of thioether (sulfide) groups is 1. The fourth-order valence-corrected chi connectivity index (χ4v) is 3.37. The molecular formula is C22H19ClO3S. The number of hydrogen-bond acceptors (Lipinski definition) is 4. The molecule has 0 saturated carbocycles. The lowest BCUT2D eigenvalue weighted by Gasteiger charge is -2.04. The van der Waals surface area contributed by atoms with E-state index < -0.39 is 0 Å². The first kappa shape index (κ1) is 19.3. The highest BCUT2D eigenvalue weighted by molar-refractivity contribution is 7.99. The van der Waals surface area contributed by atoms with E-state index in [-0.39, 0.29) is 5.97 Å². The highest BCUT2D eigenvalue weighted by Crippen LogP contribution is 2.22. The molecule has 138 valence electrons. The number of ether oxygens (including phenoxy) is 2. The van der Waals surface area contributed by atoms with E-state index in [1.807, 2.05) is 60.7 Å². The van der Waals surface area contributed by atoms with E-state index >= 15 is 0 Å². The molecule has 0 atom stereocenters. The van der Waals surface area contributed by atoms with Crippen molar-refractivity contribution in [1.82, 2.24) is 0 Å². The summed E-state index contributed by atoms with van der Waals surface area (Å²) in [4.78, 5) is 13.0. The topological polar surface area (TPSA) is 35.5 Å². The number of methoxy groups -OCH3 is 1. The zero-order valence-electron chi connectivity index (χ0n) is 14.9. The Kier molecular flexibility index (Phi) is 6.80. The Labute approximate surface area is 167 Å². The van der Waals surface area contributed by atoms with Gasteiger partial charge >= 0.3 is 5.97 Å². The molecule has 0 aliphatic rings. The van der Waals surface area contributed by atoms with Crippen LogP contribution in [0.15, 0.2) is 71.6 Å². The molecule has 0 heterocycles. The first-order valence-corrected chi connectivity index (χ1v) is 9.81. The summed E-state index contributed by atoms with van der Waals surface area (Å²) in [5.41, 5.74) is 0.945. The fourth-order valence-electron chi connectivity index (χ4n) is 2.52. The van der Waals surface area contributed by atoms with Gasteiger partial charge in [0.2, 0.25) is 0 Å². The van der Waals surface area contributed by atoms with E-state index in [9.17, 15) is 4.79 Å². The molecule has 0 saturated heterocycles. The predicted octanol–water partition coefficient (Wildman–Crippen LogP) is 5.85. The van der Waals surface area contributed by atoms with Crippen molar-refractivity contribution >= 4 is 46.2 Å². The van der Waals surface area contributed by atoms with Gasteiger partial charge < -0.3 is 9.47 Å². The average molecular weight is 399 g/mol. The van der Waals surface area contributed by atoms with Crippen LogP contribution in [-0.2, 0) is 9.53 Å². The van der Waals surface area contributed by atoms with Crippen molar-refractivity contribution in [3.8, 4) is 5.75 Å². The summed E-state index contributed by atoms with van der Waals surface area (Å²) >= 11 is 7.47. The van der Waals surface area contributed by atoms with Crippen LogP contribution >= 0.6 is 23.4 Å². The second-order valence-electron chi connectivity index (χ2n) is 5.78. The molecule has 0 unspecified atom stereocenters. The summed E-state index contributed by atoms with van der Waals surface area (Å²) < 4.78 is 10.5. The van der Waals surface area contributed by atoms with Crippen LogP contribution < -0.4 is 4.74 Å². The summed E-state index contributed by atoms with van der Waals surface area (Å²) in [5.74, 6) is 1.17. The Morgan fingerprint density at radius 1 is 1.04 bits per heavy atom. The summed E-state index contributed by atoms with van der Waals surface area (Å²) in [5, 5.41) is 2.89. The molecule has 3 rings (SSSR count). The maximum Gasteiger partial charge on any atom is 0.330 e. The fraction of sp³-hybridized carbons (Fsp3) is 0.136. The Morgan fingerprint density at radius 3 is 2.56 bits per heavy atom. The maximum absolute atomic E-state index is 11.9. The summed E-state index contributed by atoms with van der Waals surface area (Å²) in [7, 11) is 1.65. The molecule has 0 aromatic heterocycles. The van der Waals surface area contributed by atoms with Crippen LogP contribution in [0.3, 0.4) is 0 Å². The lowest BCUT2D eigenvalue weighted by molar-refractivity contribution is -0.137. The van der Waals surface area contributed by atoms with Gasteiger partial charge in [0, 0.05) is 21.7 Å². The zero-order valence-corrected chi connectivity index (χ0v) is 16.4. The Hall–Kier alpha value is -2.43. The number of carbonyl (C=O) groups is 1. The standard InChI is InChI=1S/C22H19ClO3S/c1-25-20-8-5-17-14-16(2-4-18(17)15-20)3-11-22(24)26-12-13-27-21-9-6-19(23)7-10-21/h2-11,14-15H,12-13H2,1H3/b11-3+. The molecule has 3 nitrogen and oxygen atoms in total. The Balaban J connectivity index is 1.49. The summed E-state index contributed by atoms with van der Waals surface area (Å²) in [6.45, 7) is 0.355. The number of fused-ring (bicyclic) bond motifs is 1. The highest BCUT2D eigenvalue weighted by atomic mass is 35.5. The maximum atomic E-state index is 11.9. The van der Waals surface area contributed by atoms with Crippen molar-refractivity contribution in [2.75, 3.05) is 19.5 Å². The quantitative estimate of drug-likeness (QED) is 0.216. The molecule has 0 N–H and O–H groups in total.